The van der Waals surface area contributed by atoms with E-state index in [1.54, 1.807) is 6.07 Å². The first-order valence-corrected chi connectivity index (χ1v) is 10.5. The summed E-state index contributed by atoms with van der Waals surface area (Å²) in [5, 5.41) is 16.2. The van der Waals surface area contributed by atoms with E-state index in [0.29, 0.717) is 18.2 Å². The predicted molar refractivity (Wildman–Crippen MR) is 117 cm³/mol. The second-order valence-electron chi connectivity index (χ2n) is 7.61. The minimum Gasteiger partial charge on any atom is -0.354 e. The van der Waals surface area contributed by atoms with Crippen LogP contribution in [0.4, 0.5) is 5.82 Å². The fourth-order valence-electron chi connectivity index (χ4n) is 3.95. The number of carbonyl (C=O) groups excluding carboxylic acids is 1. The van der Waals surface area contributed by atoms with Gasteiger partial charge in [-0.2, -0.15) is 5.10 Å². The molecule has 1 saturated heterocycles. The van der Waals surface area contributed by atoms with Crippen LogP contribution in [0.1, 0.15) is 29.8 Å². The van der Waals surface area contributed by atoms with Crippen molar-refractivity contribution < 1.29 is 4.79 Å². The number of aryl methyl sites for hydroxylation is 1. The quantitative estimate of drug-likeness (QED) is 0.678. The monoisotopic (exact) mass is 424 g/mol. The van der Waals surface area contributed by atoms with Crippen molar-refractivity contribution in [2.24, 2.45) is 5.92 Å². The van der Waals surface area contributed by atoms with E-state index in [9.17, 15) is 4.79 Å². The molecule has 3 heterocycles. The van der Waals surface area contributed by atoms with Crippen molar-refractivity contribution in [2.45, 2.75) is 33.2 Å². The van der Waals surface area contributed by atoms with Crippen molar-refractivity contribution in [3.8, 4) is 5.69 Å². The minimum absolute atomic E-state index is 0.0629. The third-order valence-corrected chi connectivity index (χ3v) is 5.82. The minimum atomic E-state index is -0.0824. The second kappa shape index (κ2) is 8.83. The topological polar surface area (TPSA) is 75.9 Å². The summed E-state index contributed by atoms with van der Waals surface area (Å²) < 4.78 is 1.93. The van der Waals surface area contributed by atoms with Crippen molar-refractivity contribution in [1.29, 1.82) is 0 Å². The lowest BCUT2D eigenvalue weighted by molar-refractivity contribution is -0.125. The molecule has 0 unspecified atom stereocenters. The van der Waals surface area contributed by atoms with Gasteiger partial charge in [-0.3, -0.25) is 4.79 Å². The van der Waals surface area contributed by atoms with Gasteiger partial charge in [-0.25, -0.2) is 4.68 Å². The number of para-hydroxylation sites is 1. The molecule has 3 aromatic rings. The summed E-state index contributed by atoms with van der Waals surface area (Å²) in [7, 11) is 0. The van der Waals surface area contributed by atoms with Gasteiger partial charge >= 0.3 is 0 Å². The van der Waals surface area contributed by atoms with Crippen molar-refractivity contribution in [3.63, 3.8) is 0 Å². The van der Waals surface area contributed by atoms with Gasteiger partial charge in [0.05, 0.1) is 17.3 Å². The molecule has 1 fully saturated rings. The van der Waals surface area contributed by atoms with E-state index < -0.39 is 0 Å². The molecule has 0 bridgehead atoms. The van der Waals surface area contributed by atoms with Crippen LogP contribution in [0, 0.1) is 19.8 Å². The van der Waals surface area contributed by atoms with E-state index in [-0.39, 0.29) is 11.8 Å². The van der Waals surface area contributed by atoms with Gasteiger partial charge in [-0.05, 0) is 51.0 Å². The summed E-state index contributed by atoms with van der Waals surface area (Å²) in [6.07, 6.45) is 1.80. The lowest BCUT2D eigenvalue weighted by Gasteiger charge is -2.32. The van der Waals surface area contributed by atoms with E-state index in [1.807, 2.05) is 54.9 Å². The van der Waals surface area contributed by atoms with E-state index in [1.165, 1.54) is 0 Å². The Bertz CT molecular complexity index is 1020. The molecule has 0 aliphatic carbocycles. The first kappa shape index (κ1) is 20.3. The molecule has 8 heteroatoms. The Hall–Kier alpha value is -2.93. The van der Waals surface area contributed by atoms with Crippen LogP contribution in [0.5, 0.6) is 0 Å². The molecule has 1 N–H and O–H groups in total. The average Bonchev–Trinajstić information content (AvgIpc) is 3.06. The summed E-state index contributed by atoms with van der Waals surface area (Å²) in [4.78, 5) is 15.0. The number of hydrogen-bond acceptors (Lipinski definition) is 5. The Kier molecular flexibility index (Phi) is 5.99. The zero-order chi connectivity index (χ0) is 21.1. The molecule has 1 aliphatic rings. The van der Waals surface area contributed by atoms with Gasteiger partial charge in [0.2, 0.25) is 5.91 Å². The molecule has 7 nitrogen and oxygen atoms in total. The maximum absolute atomic E-state index is 12.9. The highest BCUT2D eigenvalue weighted by Crippen LogP contribution is 2.23. The van der Waals surface area contributed by atoms with Crippen LogP contribution in [0.2, 0.25) is 5.15 Å². The fraction of sp³-hybridized carbons (Fsp3) is 0.364. The van der Waals surface area contributed by atoms with Crippen molar-refractivity contribution >= 4 is 23.3 Å². The molecule has 1 atom stereocenters. The van der Waals surface area contributed by atoms with Gasteiger partial charge in [0.1, 0.15) is 0 Å². The van der Waals surface area contributed by atoms with Crippen LogP contribution in [-0.4, -0.2) is 39.0 Å². The first-order chi connectivity index (χ1) is 14.5. The number of rotatable bonds is 5. The molecule has 156 valence electrons. The van der Waals surface area contributed by atoms with Crippen LogP contribution < -0.4 is 10.2 Å². The number of piperidine rings is 1. The van der Waals surface area contributed by atoms with Crippen molar-refractivity contribution in [2.75, 3.05) is 18.0 Å². The molecule has 1 amide bonds. The maximum atomic E-state index is 12.9. The number of hydrogen-bond donors (Lipinski definition) is 1. The van der Waals surface area contributed by atoms with Gasteiger partial charge in [-0.15, -0.1) is 10.2 Å². The van der Waals surface area contributed by atoms with Gasteiger partial charge in [-0.1, -0.05) is 29.8 Å². The number of nitrogens with one attached hydrogen (secondary N) is 1. The smallest absolute Gasteiger partial charge is 0.225 e. The van der Waals surface area contributed by atoms with Crippen molar-refractivity contribution in [3.05, 3.63) is 64.6 Å². The van der Waals surface area contributed by atoms with E-state index in [4.69, 9.17) is 11.6 Å². The Labute approximate surface area is 181 Å². The number of aromatic nitrogens is 4. The maximum Gasteiger partial charge on any atom is 0.225 e. The Morgan fingerprint density at radius 1 is 1.17 bits per heavy atom. The average molecular weight is 425 g/mol. The standard InChI is InChI=1S/C22H25ClN6O/c1-15-19(16(2)29(27-15)18-8-4-3-5-9-18)13-24-22(30)17-7-6-12-28(14-17)21-11-10-20(23)25-26-21/h3-5,8-11,17H,6-7,12-14H2,1-2H3,(H,24,30)/t17-/m0/s1. The number of nitrogens with zero attached hydrogens (tertiary/aromatic N) is 5. The highest BCUT2D eigenvalue weighted by Gasteiger charge is 2.27. The zero-order valence-electron chi connectivity index (χ0n) is 17.2. The van der Waals surface area contributed by atoms with Crippen LogP contribution in [0.25, 0.3) is 5.69 Å². The van der Waals surface area contributed by atoms with Crippen molar-refractivity contribution in [1.82, 2.24) is 25.3 Å². The van der Waals surface area contributed by atoms with E-state index >= 15 is 0 Å². The molecular formula is C22H25ClN6O. The number of carbonyl (C=O) groups is 1. The molecule has 4 rings (SSSR count). The van der Waals surface area contributed by atoms with Crippen LogP contribution in [0.3, 0.4) is 0 Å². The number of amides is 1. The normalized spacial score (nSPS) is 16.5. The Morgan fingerprint density at radius 3 is 2.70 bits per heavy atom. The number of anilines is 1. The highest BCUT2D eigenvalue weighted by molar-refractivity contribution is 6.29. The molecule has 0 radical (unpaired) electrons. The summed E-state index contributed by atoms with van der Waals surface area (Å²) in [5.74, 6) is 0.738. The highest BCUT2D eigenvalue weighted by atomic mass is 35.5. The lowest BCUT2D eigenvalue weighted by atomic mass is 9.97. The molecular weight excluding hydrogens is 400 g/mol. The van der Waals surface area contributed by atoms with Gasteiger partial charge < -0.3 is 10.2 Å². The molecule has 2 aromatic heterocycles. The second-order valence-corrected chi connectivity index (χ2v) is 8.00. The largest absolute Gasteiger partial charge is 0.354 e. The van der Waals surface area contributed by atoms with Gasteiger partial charge in [0, 0.05) is 30.9 Å². The number of halogens is 1. The summed E-state index contributed by atoms with van der Waals surface area (Å²) in [6, 6.07) is 13.6. The Balaban J connectivity index is 1.41. The summed E-state index contributed by atoms with van der Waals surface area (Å²) >= 11 is 5.83. The van der Waals surface area contributed by atoms with Crippen LogP contribution in [0.15, 0.2) is 42.5 Å². The van der Waals surface area contributed by atoms with Gasteiger partial charge in [0.25, 0.3) is 0 Å². The third-order valence-electron chi connectivity index (χ3n) is 5.62. The van der Waals surface area contributed by atoms with E-state index in [2.05, 4.69) is 25.5 Å². The molecule has 0 spiro atoms. The van der Waals surface area contributed by atoms with Gasteiger partial charge in [0.15, 0.2) is 11.0 Å². The third kappa shape index (κ3) is 4.31. The number of benzene rings is 1. The predicted octanol–water partition coefficient (Wildman–Crippen LogP) is 3.47. The molecule has 0 saturated carbocycles. The summed E-state index contributed by atoms with van der Waals surface area (Å²) in [5.41, 5.74) is 4.05. The Morgan fingerprint density at radius 2 is 1.97 bits per heavy atom. The zero-order valence-corrected chi connectivity index (χ0v) is 17.9. The molecule has 30 heavy (non-hydrogen) atoms. The molecule has 1 aliphatic heterocycles. The van der Waals surface area contributed by atoms with Crippen LogP contribution >= 0.6 is 11.6 Å². The summed E-state index contributed by atoms with van der Waals surface area (Å²) in [6.45, 7) is 5.98. The molecule has 1 aromatic carbocycles. The van der Waals surface area contributed by atoms with E-state index in [0.717, 1.165) is 47.8 Å². The first-order valence-electron chi connectivity index (χ1n) is 10.2. The fourth-order valence-corrected chi connectivity index (χ4v) is 4.05. The SMILES string of the molecule is Cc1nn(-c2ccccc2)c(C)c1CNC(=O)[C@H]1CCCN(c2ccc(Cl)nn2)C1. The van der Waals surface area contributed by atoms with Crippen LogP contribution in [-0.2, 0) is 11.3 Å². The lowest BCUT2D eigenvalue weighted by Crippen LogP contribution is -2.43.